The largest absolute Gasteiger partial charge is 0.492 e. The average molecular weight is 468 g/mol. The molecule has 1 aliphatic heterocycles. The molecule has 2 atom stereocenters. The van der Waals surface area contributed by atoms with E-state index in [1.807, 2.05) is 29.9 Å². The van der Waals surface area contributed by atoms with Crippen LogP contribution >= 0.6 is 11.6 Å². The van der Waals surface area contributed by atoms with Crippen LogP contribution in [0.3, 0.4) is 0 Å². The zero-order valence-electron chi connectivity index (χ0n) is 18.3. The molecule has 0 saturated carbocycles. The maximum Gasteiger partial charge on any atom is 0.255 e. The predicted molar refractivity (Wildman–Crippen MR) is 125 cm³/mol. The van der Waals surface area contributed by atoms with E-state index in [9.17, 15) is 9.59 Å². The van der Waals surface area contributed by atoms with Gasteiger partial charge in [-0.15, -0.1) is 0 Å². The number of ether oxygens (including phenoxy) is 1. The molecule has 0 radical (unpaired) electrons. The molecular formula is C24H26ClN5O3. The first kappa shape index (κ1) is 22.8. The molecule has 2 unspecified atom stereocenters. The van der Waals surface area contributed by atoms with Crippen LogP contribution in [0.2, 0.25) is 5.02 Å². The highest BCUT2D eigenvalue weighted by Crippen LogP contribution is 2.35. The number of amides is 2. The van der Waals surface area contributed by atoms with Gasteiger partial charge in [-0.3, -0.25) is 9.59 Å². The average Bonchev–Trinajstić information content (AvgIpc) is 3.22. The summed E-state index contributed by atoms with van der Waals surface area (Å²) in [6, 6.07) is 11.7. The summed E-state index contributed by atoms with van der Waals surface area (Å²) in [5.74, 6) is -0.491. The quantitative estimate of drug-likeness (QED) is 0.471. The molecule has 0 saturated heterocycles. The van der Waals surface area contributed by atoms with Crippen molar-refractivity contribution < 1.29 is 14.3 Å². The fraction of sp³-hybridized carbons (Fsp3) is 0.292. The zero-order chi connectivity index (χ0) is 23.4. The number of hydrogen-bond acceptors (Lipinski definition) is 5. The zero-order valence-corrected chi connectivity index (χ0v) is 19.0. The molecule has 0 spiro atoms. The molecule has 2 amide bonds. The lowest BCUT2D eigenvalue weighted by atomic mass is 9.96. The van der Waals surface area contributed by atoms with Crippen LogP contribution < -0.4 is 21.1 Å². The molecule has 4 N–H and O–H groups in total. The second-order valence-corrected chi connectivity index (χ2v) is 8.49. The Bertz CT molecular complexity index is 1150. The van der Waals surface area contributed by atoms with E-state index in [0.29, 0.717) is 29.5 Å². The number of fused-ring (bicyclic) bond motifs is 1. The number of aryl methyl sites for hydroxylation is 1. The lowest BCUT2D eigenvalue weighted by Crippen LogP contribution is -2.46. The second kappa shape index (κ2) is 10.1. The molecule has 3 aromatic rings. The number of imidazole rings is 1. The van der Waals surface area contributed by atoms with Crippen LogP contribution in [0.4, 0.5) is 0 Å². The van der Waals surface area contributed by atoms with Gasteiger partial charge in [-0.2, -0.15) is 0 Å². The van der Waals surface area contributed by atoms with Crippen LogP contribution in [-0.4, -0.2) is 34.0 Å². The first-order chi connectivity index (χ1) is 15.9. The number of benzene rings is 2. The lowest BCUT2D eigenvalue weighted by molar-refractivity contribution is -0.119. The van der Waals surface area contributed by atoms with E-state index in [1.165, 1.54) is 0 Å². The van der Waals surface area contributed by atoms with Crippen molar-refractivity contribution in [1.82, 2.24) is 20.2 Å². The monoisotopic (exact) mass is 467 g/mol. The van der Waals surface area contributed by atoms with Gasteiger partial charge in [0.05, 0.1) is 24.2 Å². The summed E-state index contributed by atoms with van der Waals surface area (Å²) in [6.45, 7) is 1.12. The number of hydrogen-bond donors (Lipinski definition) is 3. The molecule has 1 aliphatic rings. The van der Waals surface area contributed by atoms with Gasteiger partial charge in [-0.05, 0) is 23.8 Å². The minimum Gasteiger partial charge on any atom is -0.492 e. The summed E-state index contributed by atoms with van der Waals surface area (Å²) in [4.78, 5) is 29.3. The number of nitrogens with two attached hydrogens (primary N) is 1. The molecule has 33 heavy (non-hydrogen) atoms. The van der Waals surface area contributed by atoms with Gasteiger partial charge in [-0.25, -0.2) is 4.98 Å². The van der Waals surface area contributed by atoms with Gasteiger partial charge in [-0.1, -0.05) is 35.9 Å². The van der Waals surface area contributed by atoms with Gasteiger partial charge in [0.15, 0.2) is 0 Å². The SMILES string of the molecule is Cn1cncc1CNC1CCOc2c(C(=O)NC(Cc3ccc(Cl)cc3)C(N)=O)cccc21. The second-order valence-electron chi connectivity index (χ2n) is 8.05. The highest BCUT2D eigenvalue weighted by atomic mass is 35.5. The molecular weight excluding hydrogens is 442 g/mol. The van der Waals surface area contributed by atoms with Gasteiger partial charge in [0.25, 0.3) is 5.91 Å². The highest BCUT2D eigenvalue weighted by molar-refractivity contribution is 6.30. The maximum absolute atomic E-state index is 13.1. The Hall–Kier alpha value is -3.36. The molecule has 4 rings (SSSR count). The number of halogens is 1. The minimum atomic E-state index is -0.864. The van der Waals surface area contributed by atoms with E-state index in [4.69, 9.17) is 22.1 Å². The summed E-state index contributed by atoms with van der Waals surface area (Å²) < 4.78 is 7.85. The topological polar surface area (TPSA) is 111 Å². The van der Waals surface area contributed by atoms with Crippen molar-refractivity contribution >= 4 is 23.4 Å². The Labute approximate surface area is 197 Å². The predicted octanol–water partition coefficient (Wildman–Crippen LogP) is 2.51. The third-order valence-electron chi connectivity index (χ3n) is 5.77. The normalized spacial score (nSPS) is 15.9. The van der Waals surface area contributed by atoms with E-state index in [-0.39, 0.29) is 12.5 Å². The van der Waals surface area contributed by atoms with E-state index in [1.54, 1.807) is 36.7 Å². The van der Waals surface area contributed by atoms with E-state index in [2.05, 4.69) is 15.6 Å². The number of primary amides is 1. The van der Waals surface area contributed by atoms with Crippen molar-refractivity contribution in [3.8, 4) is 5.75 Å². The standard InChI is InChI=1S/C24H26ClN5O3/c1-30-14-27-12-17(30)13-28-20-9-10-33-22-18(20)3-2-4-19(22)24(32)29-21(23(26)31)11-15-5-7-16(25)8-6-15/h2-8,12,14,20-21,28H,9-11,13H2,1H3,(H2,26,31)(H,29,32). The maximum atomic E-state index is 13.1. The fourth-order valence-electron chi connectivity index (χ4n) is 3.91. The van der Waals surface area contributed by atoms with Gasteiger partial charge in [0.2, 0.25) is 5.91 Å². The summed E-state index contributed by atoms with van der Waals surface area (Å²) in [7, 11) is 1.95. The van der Waals surface area contributed by atoms with Crippen molar-refractivity contribution in [2.24, 2.45) is 12.8 Å². The minimum absolute atomic E-state index is 0.0254. The van der Waals surface area contributed by atoms with Crippen LogP contribution in [0, 0.1) is 0 Å². The number of carbonyl (C=O) groups is 2. The third-order valence-corrected chi connectivity index (χ3v) is 6.02. The molecule has 0 fully saturated rings. The molecule has 2 aromatic carbocycles. The number of para-hydroxylation sites is 1. The van der Waals surface area contributed by atoms with Crippen molar-refractivity contribution in [3.05, 3.63) is 82.4 Å². The van der Waals surface area contributed by atoms with Crippen molar-refractivity contribution in [1.29, 1.82) is 0 Å². The van der Waals surface area contributed by atoms with Gasteiger partial charge in [0, 0.05) is 49.3 Å². The first-order valence-electron chi connectivity index (χ1n) is 10.7. The van der Waals surface area contributed by atoms with Crippen molar-refractivity contribution in [2.75, 3.05) is 6.61 Å². The first-order valence-corrected chi connectivity index (χ1v) is 11.1. The number of rotatable bonds is 8. The molecule has 172 valence electrons. The molecule has 8 nitrogen and oxygen atoms in total. The Kier molecular flexibility index (Phi) is 6.96. The van der Waals surface area contributed by atoms with Crippen LogP contribution in [0.1, 0.15) is 39.6 Å². The Balaban J connectivity index is 1.50. The molecule has 1 aromatic heterocycles. The number of carbonyl (C=O) groups excluding carboxylic acids is 2. The molecule has 9 heteroatoms. The Morgan fingerprint density at radius 3 is 2.76 bits per heavy atom. The Morgan fingerprint density at radius 2 is 2.06 bits per heavy atom. The smallest absolute Gasteiger partial charge is 0.255 e. The number of aromatic nitrogens is 2. The summed E-state index contributed by atoms with van der Waals surface area (Å²) in [5, 5.41) is 6.89. The highest BCUT2D eigenvalue weighted by Gasteiger charge is 2.28. The van der Waals surface area contributed by atoms with Crippen LogP contribution in [0.25, 0.3) is 0 Å². The van der Waals surface area contributed by atoms with Crippen molar-refractivity contribution in [2.45, 2.75) is 31.5 Å². The Morgan fingerprint density at radius 1 is 1.27 bits per heavy atom. The van der Waals surface area contributed by atoms with Gasteiger partial charge in [0.1, 0.15) is 11.8 Å². The molecule has 0 bridgehead atoms. The molecule has 2 heterocycles. The fourth-order valence-corrected chi connectivity index (χ4v) is 4.04. The van der Waals surface area contributed by atoms with Gasteiger partial charge >= 0.3 is 0 Å². The van der Waals surface area contributed by atoms with Crippen LogP contribution in [-0.2, 0) is 24.8 Å². The summed E-state index contributed by atoms with van der Waals surface area (Å²) in [5.41, 5.74) is 8.76. The van der Waals surface area contributed by atoms with E-state index in [0.717, 1.165) is 23.2 Å². The van der Waals surface area contributed by atoms with Gasteiger partial charge < -0.3 is 25.7 Å². The summed E-state index contributed by atoms with van der Waals surface area (Å²) in [6.07, 6.45) is 4.62. The van der Waals surface area contributed by atoms with Crippen LogP contribution in [0.5, 0.6) is 5.75 Å². The number of nitrogens with one attached hydrogen (secondary N) is 2. The van der Waals surface area contributed by atoms with Crippen LogP contribution in [0.15, 0.2) is 55.0 Å². The lowest BCUT2D eigenvalue weighted by Gasteiger charge is -2.28. The third kappa shape index (κ3) is 5.35. The van der Waals surface area contributed by atoms with Crippen molar-refractivity contribution in [3.63, 3.8) is 0 Å². The number of nitrogens with zero attached hydrogens (tertiary/aromatic N) is 2. The van der Waals surface area contributed by atoms with E-state index >= 15 is 0 Å². The summed E-state index contributed by atoms with van der Waals surface area (Å²) >= 11 is 5.93. The molecule has 0 aliphatic carbocycles. The van der Waals surface area contributed by atoms with E-state index < -0.39 is 17.9 Å².